The van der Waals surface area contributed by atoms with Gasteiger partial charge < -0.3 is 20.1 Å². The number of methoxy groups -OCH3 is 1. The standard InChI is InChI=1S/C15H26N4O2.HI/c1-16-15(18-8-4-10-21-12-11-20-2)19-9-6-14-5-3-7-17-13-14;/h3,5,7,13H,4,6,8-12H2,1-2H3,(H2,16,18,19);1H. The van der Waals surface area contributed by atoms with Crippen LogP contribution in [0.3, 0.4) is 0 Å². The van der Waals surface area contributed by atoms with Gasteiger partial charge in [0.2, 0.25) is 0 Å². The molecule has 0 bridgehead atoms. The molecule has 0 aliphatic carbocycles. The normalized spacial score (nSPS) is 10.9. The summed E-state index contributed by atoms with van der Waals surface area (Å²) in [5.74, 6) is 0.816. The number of halogens is 1. The van der Waals surface area contributed by atoms with Crippen molar-refractivity contribution >= 4 is 29.9 Å². The molecule has 1 rings (SSSR count). The molecule has 126 valence electrons. The van der Waals surface area contributed by atoms with Crippen LogP contribution in [-0.2, 0) is 15.9 Å². The Morgan fingerprint density at radius 1 is 1.23 bits per heavy atom. The number of rotatable bonds is 10. The molecule has 0 aliphatic rings. The Bertz CT molecular complexity index is 390. The van der Waals surface area contributed by atoms with Crippen LogP contribution < -0.4 is 10.6 Å². The lowest BCUT2D eigenvalue weighted by Crippen LogP contribution is -2.39. The Morgan fingerprint density at radius 2 is 2.05 bits per heavy atom. The number of hydrogen-bond acceptors (Lipinski definition) is 4. The van der Waals surface area contributed by atoms with Gasteiger partial charge in [-0.25, -0.2) is 0 Å². The quantitative estimate of drug-likeness (QED) is 0.259. The smallest absolute Gasteiger partial charge is 0.190 e. The fourth-order valence-corrected chi connectivity index (χ4v) is 1.72. The number of pyridine rings is 1. The SMILES string of the molecule is CN=C(NCCCOCCOC)NCCc1cccnc1.I. The average Bonchev–Trinajstić information content (AvgIpc) is 2.53. The summed E-state index contributed by atoms with van der Waals surface area (Å²) >= 11 is 0. The van der Waals surface area contributed by atoms with Gasteiger partial charge in [0.15, 0.2) is 5.96 Å². The molecule has 7 heteroatoms. The van der Waals surface area contributed by atoms with Crippen LogP contribution in [-0.4, -0.2) is 58.0 Å². The van der Waals surface area contributed by atoms with Crippen molar-refractivity contribution in [3.05, 3.63) is 30.1 Å². The first kappa shape index (κ1) is 21.1. The molecule has 0 amide bonds. The van der Waals surface area contributed by atoms with E-state index in [1.54, 1.807) is 20.4 Å². The van der Waals surface area contributed by atoms with Crippen LogP contribution >= 0.6 is 24.0 Å². The number of ether oxygens (including phenoxy) is 2. The molecule has 0 atom stereocenters. The molecule has 2 N–H and O–H groups in total. The number of nitrogens with one attached hydrogen (secondary N) is 2. The molecule has 6 nitrogen and oxygen atoms in total. The number of guanidine groups is 1. The van der Waals surface area contributed by atoms with Crippen molar-refractivity contribution in [3.63, 3.8) is 0 Å². The van der Waals surface area contributed by atoms with Crippen molar-refractivity contribution in [2.75, 3.05) is 47.1 Å². The van der Waals surface area contributed by atoms with E-state index in [2.05, 4.69) is 26.7 Å². The predicted octanol–water partition coefficient (Wildman–Crippen LogP) is 1.46. The highest BCUT2D eigenvalue weighted by Crippen LogP contribution is 1.95. The molecule has 0 saturated carbocycles. The molecular weight excluding hydrogens is 395 g/mol. The molecular formula is C15H27IN4O2. The lowest BCUT2D eigenvalue weighted by atomic mass is 10.2. The third kappa shape index (κ3) is 10.7. The van der Waals surface area contributed by atoms with Crippen LogP contribution in [0.1, 0.15) is 12.0 Å². The van der Waals surface area contributed by atoms with Gasteiger partial charge in [-0.3, -0.25) is 9.98 Å². The zero-order valence-electron chi connectivity index (χ0n) is 13.4. The van der Waals surface area contributed by atoms with Crippen molar-refractivity contribution < 1.29 is 9.47 Å². The summed E-state index contributed by atoms with van der Waals surface area (Å²) < 4.78 is 10.3. The number of hydrogen-bond donors (Lipinski definition) is 2. The molecule has 0 radical (unpaired) electrons. The van der Waals surface area contributed by atoms with Crippen molar-refractivity contribution in [2.24, 2.45) is 4.99 Å². The summed E-state index contributed by atoms with van der Waals surface area (Å²) in [6, 6.07) is 4.02. The summed E-state index contributed by atoms with van der Waals surface area (Å²) in [6.45, 7) is 3.68. The summed E-state index contributed by atoms with van der Waals surface area (Å²) in [5, 5.41) is 6.54. The Hall–Kier alpha value is -0.930. The largest absolute Gasteiger partial charge is 0.382 e. The number of aromatic nitrogens is 1. The first-order chi connectivity index (χ1) is 10.4. The first-order valence-corrected chi connectivity index (χ1v) is 7.27. The van der Waals surface area contributed by atoms with Gasteiger partial charge >= 0.3 is 0 Å². The van der Waals surface area contributed by atoms with E-state index in [9.17, 15) is 0 Å². The van der Waals surface area contributed by atoms with Crippen LogP contribution in [0.4, 0.5) is 0 Å². The highest BCUT2D eigenvalue weighted by Gasteiger charge is 1.97. The van der Waals surface area contributed by atoms with E-state index in [1.807, 2.05) is 12.3 Å². The maximum absolute atomic E-state index is 5.40. The molecule has 22 heavy (non-hydrogen) atoms. The van der Waals surface area contributed by atoms with Gasteiger partial charge in [-0.05, 0) is 24.5 Å². The summed E-state index contributed by atoms with van der Waals surface area (Å²) in [5.41, 5.74) is 1.21. The van der Waals surface area contributed by atoms with E-state index in [0.29, 0.717) is 13.2 Å². The summed E-state index contributed by atoms with van der Waals surface area (Å²) in [4.78, 5) is 8.28. The van der Waals surface area contributed by atoms with Crippen LogP contribution in [0.2, 0.25) is 0 Å². The van der Waals surface area contributed by atoms with Gasteiger partial charge in [-0.1, -0.05) is 6.07 Å². The van der Waals surface area contributed by atoms with E-state index < -0.39 is 0 Å². The van der Waals surface area contributed by atoms with Crippen molar-refractivity contribution in [1.82, 2.24) is 15.6 Å². The minimum atomic E-state index is 0. The van der Waals surface area contributed by atoms with E-state index >= 15 is 0 Å². The minimum absolute atomic E-state index is 0. The molecule has 0 spiro atoms. The van der Waals surface area contributed by atoms with Gasteiger partial charge in [0.1, 0.15) is 0 Å². The summed E-state index contributed by atoms with van der Waals surface area (Å²) in [6.07, 6.45) is 5.53. The van der Waals surface area contributed by atoms with Gasteiger partial charge in [-0.15, -0.1) is 24.0 Å². The predicted molar refractivity (Wildman–Crippen MR) is 100 cm³/mol. The van der Waals surface area contributed by atoms with Crippen LogP contribution in [0.25, 0.3) is 0 Å². The second kappa shape index (κ2) is 15.0. The maximum Gasteiger partial charge on any atom is 0.190 e. The first-order valence-electron chi connectivity index (χ1n) is 7.27. The van der Waals surface area contributed by atoms with Crippen LogP contribution in [0, 0.1) is 0 Å². The molecule has 1 aromatic heterocycles. The van der Waals surface area contributed by atoms with Gasteiger partial charge in [0.25, 0.3) is 0 Å². The van der Waals surface area contributed by atoms with E-state index in [0.717, 1.165) is 38.5 Å². The van der Waals surface area contributed by atoms with Gasteiger partial charge in [0.05, 0.1) is 13.2 Å². The lowest BCUT2D eigenvalue weighted by Gasteiger charge is -2.11. The second-order valence-electron chi connectivity index (χ2n) is 4.50. The fraction of sp³-hybridized carbons (Fsp3) is 0.600. The van der Waals surface area contributed by atoms with Gasteiger partial charge in [0, 0.05) is 46.2 Å². The maximum atomic E-state index is 5.40. The Labute approximate surface area is 150 Å². The van der Waals surface area contributed by atoms with E-state index in [-0.39, 0.29) is 24.0 Å². The molecule has 0 unspecified atom stereocenters. The highest BCUT2D eigenvalue weighted by atomic mass is 127. The zero-order valence-corrected chi connectivity index (χ0v) is 15.7. The number of nitrogens with zero attached hydrogens (tertiary/aromatic N) is 2. The third-order valence-electron chi connectivity index (χ3n) is 2.84. The monoisotopic (exact) mass is 422 g/mol. The van der Waals surface area contributed by atoms with E-state index in [1.165, 1.54) is 5.56 Å². The van der Waals surface area contributed by atoms with E-state index in [4.69, 9.17) is 9.47 Å². The Balaban J connectivity index is 0.00000441. The molecule has 1 aromatic rings. The van der Waals surface area contributed by atoms with Gasteiger partial charge in [-0.2, -0.15) is 0 Å². The lowest BCUT2D eigenvalue weighted by molar-refractivity contribution is 0.0698. The Morgan fingerprint density at radius 3 is 2.73 bits per heavy atom. The molecule has 0 aromatic carbocycles. The van der Waals surface area contributed by atoms with Crippen molar-refractivity contribution in [1.29, 1.82) is 0 Å². The third-order valence-corrected chi connectivity index (χ3v) is 2.84. The van der Waals surface area contributed by atoms with Crippen LogP contribution in [0.15, 0.2) is 29.5 Å². The van der Waals surface area contributed by atoms with Crippen LogP contribution in [0.5, 0.6) is 0 Å². The zero-order chi connectivity index (χ0) is 15.2. The second-order valence-corrected chi connectivity index (χ2v) is 4.50. The highest BCUT2D eigenvalue weighted by molar-refractivity contribution is 14.0. The number of aliphatic imine (C=N–C) groups is 1. The molecule has 0 saturated heterocycles. The topological polar surface area (TPSA) is 67.8 Å². The average molecular weight is 422 g/mol. The van der Waals surface area contributed by atoms with Crippen molar-refractivity contribution in [3.8, 4) is 0 Å². The molecule has 0 fully saturated rings. The van der Waals surface area contributed by atoms with Crippen molar-refractivity contribution in [2.45, 2.75) is 12.8 Å². The minimum Gasteiger partial charge on any atom is -0.382 e. The molecule has 0 aliphatic heterocycles. The Kier molecular flexibility index (Phi) is 14.4. The summed E-state index contributed by atoms with van der Waals surface area (Å²) in [7, 11) is 3.45. The fourth-order valence-electron chi connectivity index (χ4n) is 1.72. The molecule has 1 heterocycles.